The van der Waals surface area contributed by atoms with E-state index in [4.69, 9.17) is 0 Å². The van der Waals surface area contributed by atoms with E-state index in [-0.39, 0.29) is 11.0 Å². The lowest BCUT2D eigenvalue weighted by Crippen LogP contribution is -2.51. The molecule has 0 aromatic heterocycles. The Labute approximate surface area is 93.0 Å². The largest absolute Gasteiger partial charge is 0.314 e. The highest BCUT2D eigenvalue weighted by Crippen LogP contribution is 2.06. The second-order valence-electron chi connectivity index (χ2n) is 4.50. The van der Waals surface area contributed by atoms with Crippen molar-refractivity contribution in [3.05, 3.63) is 0 Å². The molecule has 0 spiro atoms. The van der Waals surface area contributed by atoms with Crippen LogP contribution in [0.4, 0.5) is 0 Å². The topological polar surface area (TPSA) is 49.4 Å². The molecule has 0 aromatic rings. The van der Waals surface area contributed by atoms with Crippen molar-refractivity contribution in [2.24, 2.45) is 0 Å². The number of nitrogens with zero attached hydrogens (tertiary/aromatic N) is 1. The first-order valence-corrected chi connectivity index (χ1v) is 7.31. The molecule has 1 N–H and O–H groups in total. The first-order valence-electron chi connectivity index (χ1n) is 5.60. The fourth-order valence-electron chi connectivity index (χ4n) is 1.70. The number of piperazine rings is 1. The van der Waals surface area contributed by atoms with E-state index in [1.807, 2.05) is 0 Å². The van der Waals surface area contributed by atoms with Crippen LogP contribution in [0.2, 0.25) is 0 Å². The predicted molar refractivity (Wildman–Crippen MR) is 62.8 cm³/mol. The third-order valence-electron chi connectivity index (χ3n) is 3.02. The maximum absolute atomic E-state index is 11.6. The molecule has 1 aliphatic heterocycles. The first-order chi connectivity index (χ1) is 6.93. The normalized spacial score (nSPS) is 24.7. The summed E-state index contributed by atoms with van der Waals surface area (Å²) < 4.78 is 23.3. The van der Waals surface area contributed by atoms with Crippen LogP contribution < -0.4 is 5.32 Å². The number of sulfone groups is 1. The van der Waals surface area contributed by atoms with E-state index in [0.29, 0.717) is 12.6 Å². The van der Waals surface area contributed by atoms with Gasteiger partial charge >= 0.3 is 0 Å². The molecule has 1 saturated heterocycles. The molecule has 0 bridgehead atoms. The fourth-order valence-corrected chi connectivity index (χ4v) is 2.66. The maximum Gasteiger partial charge on any atom is 0.153 e. The van der Waals surface area contributed by atoms with Crippen LogP contribution in [-0.2, 0) is 9.84 Å². The van der Waals surface area contributed by atoms with Crippen molar-refractivity contribution in [3.8, 4) is 0 Å². The molecule has 5 heteroatoms. The van der Waals surface area contributed by atoms with E-state index >= 15 is 0 Å². The number of rotatable bonds is 4. The molecule has 0 amide bonds. The van der Waals surface area contributed by atoms with Crippen LogP contribution in [0.1, 0.15) is 20.8 Å². The van der Waals surface area contributed by atoms with Gasteiger partial charge in [0.2, 0.25) is 0 Å². The molecule has 0 saturated carbocycles. The minimum absolute atomic E-state index is 0.254. The van der Waals surface area contributed by atoms with Crippen molar-refractivity contribution in [2.45, 2.75) is 32.1 Å². The van der Waals surface area contributed by atoms with E-state index in [9.17, 15) is 8.42 Å². The second-order valence-corrected chi connectivity index (χ2v) is 7.18. The number of hydrogen-bond acceptors (Lipinski definition) is 4. The van der Waals surface area contributed by atoms with E-state index < -0.39 is 9.84 Å². The molecule has 15 heavy (non-hydrogen) atoms. The van der Waals surface area contributed by atoms with Gasteiger partial charge in [-0.25, -0.2) is 8.42 Å². The van der Waals surface area contributed by atoms with Crippen LogP contribution in [0.3, 0.4) is 0 Å². The van der Waals surface area contributed by atoms with Crippen molar-refractivity contribution in [3.63, 3.8) is 0 Å². The van der Waals surface area contributed by atoms with E-state index in [1.165, 1.54) is 0 Å². The molecule has 4 nitrogen and oxygen atoms in total. The molecular formula is C10H22N2O2S. The van der Waals surface area contributed by atoms with E-state index in [0.717, 1.165) is 19.6 Å². The monoisotopic (exact) mass is 234 g/mol. The predicted octanol–water partition coefficient (Wildman–Crippen LogP) is 0.103. The highest BCUT2D eigenvalue weighted by atomic mass is 32.2. The van der Waals surface area contributed by atoms with Crippen LogP contribution in [0.5, 0.6) is 0 Å². The van der Waals surface area contributed by atoms with Gasteiger partial charge in [-0.05, 0) is 20.8 Å². The fraction of sp³-hybridized carbons (Fsp3) is 1.00. The smallest absolute Gasteiger partial charge is 0.153 e. The van der Waals surface area contributed by atoms with Crippen molar-refractivity contribution < 1.29 is 8.42 Å². The van der Waals surface area contributed by atoms with Gasteiger partial charge < -0.3 is 5.32 Å². The molecule has 1 rings (SSSR count). The van der Waals surface area contributed by atoms with Gasteiger partial charge in [0.05, 0.1) is 11.0 Å². The van der Waals surface area contributed by atoms with Crippen molar-refractivity contribution in [2.75, 3.05) is 31.9 Å². The molecule has 0 radical (unpaired) electrons. The Bertz CT molecular complexity index is 288. The average Bonchev–Trinajstić information content (AvgIpc) is 2.16. The van der Waals surface area contributed by atoms with Gasteiger partial charge in [-0.3, -0.25) is 4.90 Å². The standard InChI is InChI=1S/C10H22N2O2S/c1-9(2)15(13,14)7-6-12-5-4-11-8-10(12)3/h9-11H,4-8H2,1-3H3. The van der Waals surface area contributed by atoms with Crippen molar-refractivity contribution in [1.29, 1.82) is 0 Å². The minimum atomic E-state index is -2.88. The highest BCUT2D eigenvalue weighted by Gasteiger charge is 2.22. The first kappa shape index (κ1) is 12.9. The maximum atomic E-state index is 11.6. The molecule has 1 unspecified atom stereocenters. The SMILES string of the molecule is CC1CNCCN1CCS(=O)(=O)C(C)C. The van der Waals surface area contributed by atoms with Crippen LogP contribution >= 0.6 is 0 Å². The van der Waals surface area contributed by atoms with Crippen molar-refractivity contribution >= 4 is 9.84 Å². The van der Waals surface area contributed by atoms with Gasteiger partial charge in [0.15, 0.2) is 9.84 Å². The lowest BCUT2D eigenvalue weighted by molar-refractivity contribution is 0.184. The molecule has 0 aromatic carbocycles. The molecule has 0 aliphatic carbocycles. The van der Waals surface area contributed by atoms with Crippen LogP contribution in [0.15, 0.2) is 0 Å². The Morgan fingerprint density at radius 2 is 2.13 bits per heavy atom. The van der Waals surface area contributed by atoms with Gasteiger partial charge in [-0.15, -0.1) is 0 Å². The molecule has 1 heterocycles. The van der Waals surface area contributed by atoms with E-state index in [1.54, 1.807) is 13.8 Å². The summed E-state index contributed by atoms with van der Waals surface area (Å²) in [6, 6.07) is 0.445. The number of nitrogens with one attached hydrogen (secondary N) is 1. The summed E-state index contributed by atoms with van der Waals surface area (Å²) in [7, 11) is -2.88. The molecule has 1 fully saturated rings. The summed E-state index contributed by atoms with van der Waals surface area (Å²) in [4.78, 5) is 2.25. The van der Waals surface area contributed by atoms with Gasteiger partial charge in [0, 0.05) is 32.2 Å². The van der Waals surface area contributed by atoms with Gasteiger partial charge in [0.1, 0.15) is 0 Å². The summed E-state index contributed by atoms with van der Waals surface area (Å²) in [6.07, 6.45) is 0. The zero-order valence-corrected chi connectivity index (χ0v) is 10.7. The summed E-state index contributed by atoms with van der Waals surface area (Å²) in [5, 5.41) is 3.04. The summed E-state index contributed by atoms with van der Waals surface area (Å²) in [5.41, 5.74) is 0. The third-order valence-corrected chi connectivity index (χ3v) is 5.21. The summed E-state index contributed by atoms with van der Waals surface area (Å²) in [5.74, 6) is 0.287. The van der Waals surface area contributed by atoms with Gasteiger partial charge in [-0.2, -0.15) is 0 Å². The lowest BCUT2D eigenvalue weighted by Gasteiger charge is -2.33. The zero-order chi connectivity index (χ0) is 11.5. The Morgan fingerprint density at radius 3 is 2.67 bits per heavy atom. The second kappa shape index (κ2) is 5.27. The molecule has 1 aliphatic rings. The third kappa shape index (κ3) is 3.74. The Kier molecular flexibility index (Phi) is 4.55. The van der Waals surface area contributed by atoms with Crippen LogP contribution in [0, 0.1) is 0 Å². The summed E-state index contributed by atoms with van der Waals surface area (Å²) >= 11 is 0. The Hall–Kier alpha value is -0.130. The Morgan fingerprint density at radius 1 is 1.47 bits per heavy atom. The molecule has 1 atom stereocenters. The molecule has 90 valence electrons. The highest BCUT2D eigenvalue weighted by molar-refractivity contribution is 7.92. The zero-order valence-electron chi connectivity index (χ0n) is 9.86. The Balaban J connectivity index is 2.42. The van der Waals surface area contributed by atoms with Gasteiger partial charge in [-0.1, -0.05) is 0 Å². The average molecular weight is 234 g/mol. The summed E-state index contributed by atoms with van der Waals surface area (Å²) in [6.45, 7) is 9.17. The van der Waals surface area contributed by atoms with E-state index in [2.05, 4.69) is 17.1 Å². The van der Waals surface area contributed by atoms with Gasteiger partial charge in [0.25, 0.3) is 0 Å². The number of hydrogen-bond donors (Lipinski definition) is 1. The lowest BCUT2D eigenvalue weighted by atomic mass is 10.2. The minimum Gasteiger partial charge on any atom is -0.314 e. The molecular weight excluding hydrogens is 212 g/mol. The van der Waals surface area contributed by atoms with Crippen LogP contribution in [-0.4, -0.2) is 56.5 Å². The van der Waals surface area contributed by atoms with Crippen LogP contribution in [0.25, 0.3) is 0 Å². The quantitative estimate of drug-likeness (QED) is 0.750. The van der Waals surface area contributed by atoms with Crippen molar-refractivity contribution in [1.82, 2.24) is 10.2 Å².